The molecule has 2 N–H and O–H groups in total. The Kier molecular flexibility index (Phi) is 6.52. The summed E-state index contributed by atoms with van der Waals surface area (Å²) in [5.74, 6) is -0.266. The van der Waals surface area contributed by atoms with E-state index in [2.05, 4.69) is 10.0 Å². The van der Waals surface area contributed by atoms with Crippen molar-refractivity contribution in [3.8, 4) is 0 Å². The predicted octanol–water partition coefficient (Wildman–Crippen LogP) is 2.35. The summed E-state index contributed by atoms with van der Waals surface area (Å²) >= 11 is 0. The van der Waals surface area contributed by atoms with Crippen molar-refractivity contribution in [2.75, 3.05) is 13.1 Å². The van der Waals surface area contributed by atoms with Gasteiger partial charge in [0.2, 0.25) is 10.0 Å². The molecule has 1 amide bonds. The number of amides is 1. The second-order valence-electron chi connectivity index (χ2n) is 5.42. The highest BCUT2D eigenvalue weighted by Crippen LogP contribution is 2.12. The number of hydrogen-bond acceptors (Lipinski definition) is 3. The summed E-state index contributed by atoms with van der Waals surface area (Å²) in [5, 5.41) is 2.74. The lowest BCUT2D eigenvalue weighted by atomic mass is 10.2. The molecule has 0 heterocycles. The van der Waals surface area contributed by atoms with Gasteiger partial charge in [0.15, 0.2) is 0 Å². The molecule has 0 aliphatic heterocycles. The minimum atomic E-state index is -3.64. The molecule has 0 saturated heterocycles. The topological polar surface area (TPSA) is 75.3 Å². The van der Waals surface area contributed by atoms with Crippen molar-refractivity contribution in [3.63, 3.8) is 0 Å². The minimum absolute atomic E-state index is 0.0970. The van der Waals surface area contributed by atoms with Crippen LogP contribution in [0.25, 0.3) is 0 Å². The SMILES string of the molecule is CCCNC(=O)c1cccc(S(=O)(=O)NCCc2ccccc2)c1. The maximum absolute atomic E-state index is 12.4. The lowest BCUT2D eigenvalue weighted by Crippen LogP contribution is -2.27. The van der Waals surface area contributed by atoms with Crippen molar-refractivity contribution < 1.29 is 13.2 Å². The molecule has 2 aromatic carbocycles. The zero-order chi connectivity index (χ0) is 17.4. The molecule has 0 saturated carbocycles. The van der Waals surface area contributed by atoms with Gasteiger partial charge in [0.25, 0.3) is 5.91 Å². The number of carbonyl (C=O) groups is 1. The van der Waals surface area contributed by atoms with Gasteiger partial charge in [-0.25, -0.2) is 13.1 Å². The molecule has 0 aliphatic rings. The zero-order valence-electron chi connectivity index (χ0n) is 13.7. The first-order valence-electron chi connectivity index (χ1n) is 7.95. The molecule has 0 spiro atoms. The quantitative estimate of drug-likeness (QED) is 0.770. The Morgan fingerprint density at radius 3 is 2.46 bits per heavy atom. The van der Waals surface area contributed by atoms with Gasteiger partial charge < -0.3 is 5.32 Å². The molecule has 0 unspecified atom stereocenters. The molecule has 2 aromatic rings. The van der Waals surface area contributed by atoms with Crippen LogP contribution in [0.5, 0.6) is 0 Å². The third-order valence-corrected chi connectivity index (χ3v) is 4.95. The van der Waals surface area contributed by atoms with E-state index in [1.165, 1.54) is 12.1 Å². The lowest BCUT2D eigenvalue weighted by Gasteiger charge is -2.09. The first-order valence-corrected chi connectivity index (χ1v) is 9.43. The van der Waals surface area contributed by atoms with Crippen LogP contribution in [-0.4, -0.2) is 27.4 Å². The van der Waals surface area contributed by atoms with Gasteiger partial charge in [-0.3, -0.25) is 4.79 Å². The molecule has 0 aromatic heterocycles. The Morgan fingerprint density at radius 1 is 1.00 bits per heavy atom. The molecule has 0 fully saturated rings. The van der Waals surface area contributed by atoms with E-state index >= 15 is 0 Å². The van der Waals surface area contributed by atoms with Crippen LogP contribution in [0.3, 0.4) is 0 Å². The van der Waals surface area contributed by atoms with Crippen molar-refractivity contribution in [2.45, 2.75) is 24.7 Å². The third-order valence-electron chi connectivity index (χ3n) is 3.49. The Balaban J connectivity index is 2.02. The summed E-state index contributed by atoms with van der Waals surface area (Å²) in [6, 6.07) is 15.7. The summed E-state index contributed by atoms with van der Waals surface area (Å²) < 4.78 is 27.3. The highest BCUT2D eigenvalue weighted by atomic mass is 32.2. The van der Waals surface area contributed by atoms with Crippen LogP contribution in [0.2, 0.25) is 0 Å². The highest BCUT2D eigenvalue weighted by molar-refractivity contribution is 7.89. The van der Waals surface area contributed by atoms with Crippen LogP contribution in [0.4, 0.5) is 0 Å². The van der Waals surface area contributed by atoms with Crippen molar-refractivity contribution in [2.24, 2.45) is 0 Å². The fraction of sp³-hybridized carbons (Fsp3) is 0.278. The average molecular weight is 346 g/mol. The summed E-state index contributed by atoms with van der Waals surface area (Å²) in [5.41, 5.74) is 1.40. The zero-order valence-corrected chi connectivity index (χ0v) is 14.5. The van der Waals surface area contributed by atoms with Crippen molar-refractivity contribution in [1.29, 1.82) is 0 Å². The molecule has 6 heteroatoms. The van der Waals surface area contributed by atoms with Gasteiger partial charge in [0.1, 0.15) is 0 Å². The maximum atomic E-state index is 12.4. The van der Waals surface area contributed by atoms with Crippen molar-refractivity contribution in [3.05, 3.63) is 65.7 Å². The molecule has 0 radical (unpaired) electrons. The largest absolute Gasteiger partial charge is 0.352 e. The lowest BCUT2D eigenvalue weighted by molar-refractivity contribution is 0.0953. The van der Waals surface area contributed by atoms with Crippen LogP contribution in [0.1, 0.15) is 29.3 Å². The van der Waals surface area contributed by atoms with E-state index in [1.54, 1.807) is 12.1 Å². The monoisotopic (exact) mass is 346 g/mol. The second-order valence-corrected chi connectivity index (χ2v) is 7.18. The predicted molar refractivity (Wildman–Crippen MR) is 94.4 cm³/mol. The number of benzene rings is 2. The van der Waals surface area contributed by atoms with E-state index in [0.717, 1.165) is 12.0 Å². The van der Waals surface area contributed by atoms with E-state index in [9.17, 15) is 13.2 Å². The van der Waals surface area contributed by atoms with Gasteiger partial charge in [-0.2, -0.15) is 0 Å². The van der Waals surface area contributed by atoms with Crippen LogP contribution in [-0.2, 0) is 16.4 Å². The van der Waals surface area contributed by atoms with E-state index in [0.29, 0.717) is 25.1 Å². The van der Waals surface area contributed by atoms with Gasteiger partial charge >= 0.3 is 0 Å². The third kappa shape index (κ3) is 5.18. The van der Waals surface area contributed by atoms with Crippen LogP contribution >= 0.6 is 0 Å². The molecule has 2 rings (SSSR count). The van der Waals surface area contributed by atoms with Gasteiger partial charge in [-0.1, -0.05) is 43.3 Å². The van der Waals surface area contributed by atoms with E-state index in [-0.39, 0.29) is 10.8 Å². The summed E-state index contributed by atoms with van der Waals surface area (Å²) in [4.78, 5) is 12.1. The molecular formula is C18H22N2O3S. The van der Waals surface area contributed by atoms with Crippen LogP contribution in [0.15, 0.2) is 59.5 Å². The molecule has 0 aliphatic carbocycles. The number of sulfonamides is 1. The van der Waals surface area contributed by atoms with E-state index in [1.807, 2.05) is 37.3 Å². The fourth-order valence-corrected chi connectivity index (χ4v) is 3.28. The number of hydrogen-bond donors (Lipinski definition) is 2. The molecule has 0 atom stereocenters. The minimum Gasteiger partial charge on any atom is -0.352 e. The highest BCUT2D eigenvalue weighted by Gasteiger charge is 2.15. The van der Waals surface area contributed by atoms with Gasteiger partial charge in [-0.15, -0.1) is 0 Å². The summed E-state index contributed by atoms with van der Waals surface area (Å²) in [7, 11) is -3.64. The average Bonchev–Trinajstić information content (AvgIpc) is 2.60. The van der Waals surface area contributed by atoms with Crippen molar-refractivity contribution >= 4 is 15.9 Å². The summed E-state index contributed by atoms with van der Waals surface area (Å²) in [6.07, 6.45) is 1.43. The second kappa shape index (κ2) is 8.61. The standard InChI is InChI=1S/C18H22N2O3S/c1-2-12-19-18(21)16-9-6-10-17(14-16)24(22,23)20-13-11-15-7-4-3-5-8-15/h3-10,14,20H,2,11-13H2,1H3,(H,19,21). The van der Waals surface area contributed by atoms with E-state index in [4.69, 9.17) is 0 Å². The maximum Gasteiger partial charge on any atom is 0.251 e. The van der Waals surface area contributed by atoms with E-state index < -0.39 is 10.0 Å². The van der Waals surface area contributed by atoms with Gasteiger partial charge in [0, 0.05) is 18.7 Å². The summed E-state index contributed by atoms with van der Waals surface area (Å²) in [6.45, 7) is 2.82. The first kappa shape index (κ1) is 18.2. The Morgan fingerprint density at radius 2 is 1.75 bits per heavy atom. The number of carbonyl (C=O) groups excluding carboxylic acids is 1. The smallest absolute Gasteiger partial charge is 0.251 e. The Bertz CT molecular complexity index is 774. The molecule has 5 nitrogen and oxygen atoms in total. The molecule has 0 bridgehead atoms. The van der Waals surface area contributed by atoms with Crippen LogP contribution in [0, 0.1) is 0 Å². The van der Waals surface area contributed by atoms with Gasteiger partial charge in [-0.05, 0) is 36.6 Å². The molecule has 128 valence electrons. The molecule has 24 heavy (non-hydrogen) atoms. The normalized spacial score (nSPS) is 11.2. The van der Waals surface area contributed by atoms with Crippen LogP contribution < -0.4 is 10.0 Å². The molecular weight excluding hydrogens is 324 g/mol. The van der Waals surface area contributed by atoms with Gasteiger partial charge in [0.05, 0.1) is 4.90 Å². The van der Waals surface area contributed by atoms with Crippen molar-refractivity contribution in [1.82, 2.24) is 10.0 Å². The number of rotatable bonds is 8. The Hall–Kier alpha value is -2.18. The number of nitrogens with one attached hydrogen (secondary N) is 2. The first-order chi connectivity index (χ1) is 11.5. The fourth-order valence-electron chi connectivity index (χ4n) is 2.20. The Labute approximate surface area is 143 Å².